The van der Waals surface area contributed by atoms with Crippen LogP contribution in [0.5, 0.6) is 5.75 Å². The molecule has 21 heavy (non-hydrogen) atoms. The van der Waals surface area contributed by atoms with Crippen LogP contribution in [0.1, 0.15) is 26.7 Å². The summed E-state index contributed by atoms with van der Waals surface area (Å²) in [5.74, 6) is 0.271. The summed E-state index contributed by atoms with van der Waals surface area (Å²) in [6, 6.07) is 4.11. The Morgan fingerprint density at radius 3 is 1.95 bits per heavy atom. The molecule has 0 radical (unpaired) electrons. The number of ether oxygens (including phenoxy) is 1. The molecule has 0 heterocycles. The molecular weight excluding hydrogens is 307 g/mol. The van der Waals surface area contributed by atoms with E-state index in [2.05, 4.69) is 0 Å². The maximum absolute atomic E-state index is 12.4. The Kier molecular flexibility index (Phi) is 5.27. The lowest BCUT2D eigenvalue weighted by Crippen LogP contribution is -2.44. The van der Waals surface area contributed by atoms with Gasteiger partial charge in [0, 0.05) is 5.54 Å². The van der Waals surface area contributed by atoms with E-state index in [1.807, 2.05) is 13.8 Å². The lowest BCUT2D eigenvalue weighted by Gasteiger charge is -2.26. The second kappa shape index (κ2) is 6.23. The molecule has 0 saturated heterocycles. The van der Waals surface area contributed by atoms with Gasteiger partial charge in [-0.2, -0.15) is 13.2 Å². The van der Waals surface area contributed by atoms with Gasteiger partial charge in [0.25, 0.3) is 9.84 Å². The molecule has 1 aromatic rings. The Bertz CT molecular complexity index is 563. The molecule has 0 aliphatic heterocycles. The lowest BCUT2D eigenvalue weighted by atomic mass is 9.96. The van der Waals surface area contributed by atoms with Crippen LogP contribution in [-0.4, -0.2) is 26.1 Å². The van der Waals surface area contributed by atoms with Gasteiger partial charge in [0.05, 0.1) is 4.90 Å². The van der Waals surface area contributed by atoms with Crippen LogP contribution in [0.15, 0.2) is 29.2 Å². The molecule has 4 nitrogen and oxygen atoms in total. The second-order valence-electron chi connectivity index (χ2n) is 4.78. The fraction of sp³-hybridized carbons (Fsp3) is 0.538. The summed E-state index contributed by atoms with van der Waals surface area (Å²) in [4.78, 5) is -0.813. The van der Waals surface area contributed by atoms with E-state index in [-0.39, 0.29) is 12.4 Å². The molecule has 0 aliphatic carbocycles. The number of halogens is 3. The van der Waals surface area contributed by atoms with E-state index in [0.717, 1.165) is 12.1 Å². The number of hydrogen-bond acceptors (Lipinski definition) is 4. The molecule has 0 fully saturated rings. The van der Waals surface area contributed by atoms with Crippen molar-refractivity contribution in [1.82, 2.24) is 0 Å². The number of sulfone groups is 1. The van der Waals surface area contributed by atoms with Gasteiger partial charge < -0.3 is 10.5 Å². The van der Waals surface area contributed by atoms with Crippen LogP contribution in [0.4, 0.5) is 13.2 Å². The van der Waals surface area contributed by atoms with Crippen molar-refractivity contribution in [3.05, 3.63) is 24.3 Å². The largest absolute Gasteiger partial charge is 0.501 e. The van der Waals surface area contributed by atoms with E-state index >= 15 is 0 Å². The maximum Gasteiger partial charge on any atom is 0.501 e. The third-order valence-corrected chi connectivity index (χ3v) is 4.88. The van der Waals surface area contributed by atoms with Crippen molar-refractivity contribution in [1.29, 1.82) is 0 Å². The second-order valence-corrected chi connectivity index (χ2v) is 6.72. The van der Waals surface area contributed by atoms with Crippen LogP contribution < -0.4 is 10.5 Å². The van der Waals surface area contributed by atoms with Gasteiger partial charge in [0.1, 0.15) is 12.4 Å². The van der Waals surface area contributed by atoms with Crippen molar-refractivity contribution in [3.8, 4) is 5.75 Å². The van der Waals surface area contributed by atoms with E-state index in [9.17, 15) is 21.6 Å². The molecule has 0 aliphatic rings. The zero-order valence-corrected chi connectivity index (χ0v) is 12.6. The van der Waals surface area contributed by atoms with Gasteiger partial charge in [-0.1, -0.05) is 13.8 Å². The molecule has 0 amide bonds. The summed E-state index contributed by atoms with van der Waals surface area (Å²) in [6.45, 7) is 4.02. The summed E-state index contributed by atoms with van der Waals surface area (Å²) < 4.78 is 64.9. The standard InChI is InChI=1S/C13H18F3NO3S/c1-3-12(17,4-2)9-20-10-5-7-11(8-6-10)21(18,19)13(14,15)16/h5-8H,3-4,9,17H2,1-2H3. The van der Waals surface area contributed by atoms with Gasteiger partial charge in [0.15, 0.2) is 0 Å². The van der Waals surface area contributed by atoms with Crippen molar-refractivity contribution < 1.29 is 26.3 Å². The zero-order chi connectivity index (χ0) is 16.3. The van der Waals surface area contributed by atoms with Crippen molar-refractivity contribution in [2.24, 2.45) is 5.73 Å². The maximum atomic E-state index is 12.4. The van der Waals surface area contributed by atoms with Crippen LogP contribution in [-0.2, 0) is 9.84 Å². The summed E-state index contributed by atoms with van der Waals surface area (Å²) >= 11 is 0. The molecule has 0 atom stereocenters. The Morgan fingerprint density at radius 2 is 1.57 bits per heavy atom. The van der Waals surface area contributed by atoms with Crippen molar-refractivity contribution >= 4 is 9.84 Å². The van der Waals surface area contributed by atoms with E-state index in [1.165, 1.54) is 12.1 Å². The third kappa shape index (κ3) is 4.10. The highest BCUT2D eigenvalue weighted by atomic mass is 32.2. The first-order chi connectivity index (χ1) is 9.55. The van der Waals surface area contributed by atoms with Gasteiger partial charge in [-0.25, -0.2) is 8.42 Å². The zero-order valence-electron chi connectivity index (χ0n) is 11.8. The molecule has 1 rings (SSSR count). The normalized spacial score (nSPS) is 13.2. The van der Waals surface area contributed by atoms with Gasteiger partial charge in [-0.3, -0.25) is 0 Å². The highest BCUT2D eigenvalue weighted by Crippen LogP contribution is 2.31. The fourth-order valence-electron chi connectivity index (χ4n) is 1.53. The van der Waals surface area contributed by atoms with E-state index in [4.69, 9.17) is 10.5 Å². The summed E-state index contributed by atoms with van der Waals surface area (Å²) in [5.41, 5.74) is 0.201. The van der Waals surface area contributed by atoms with Gasteiger partial charge in [-0.05, 0) is 37.1 Å². The molecule has 0 saturated carbocycles. The molecule has 0 bridgehead atoms. The predicted molar refractivity (Wildman–Crippen MR) is 72.7 cm³/mol. The van der Waals surface area contributed by atoms with Crippen LogP contribution in [0, 0.1) is 0 Å². The summed E-state index contributed by atoms with van der Waals surface area (Å²) in [6.07, 6.45) is 1.37. The van der Waals surface area contributed by atoms with Crippen LogP contribution >= 0.6 is 0 Å². The average molecular weight is 325 g/mol. The number of alkyl halides is 3. The minimum absolute atomic E-state index is 0.200. The number of rotatable bonds is 6. The Hall–Kier alpha value is -1.28. The van der Waals surface area contributed by atoms with Gasteiger partial charge >= 0.3 is 5.51 Å². The molecule has 0 unspecified atom stereocenters. The molecule has 0 aromatic heterocycles. The average Bonchev–Trinajstić information content (AvgIpc) is 2.44. The van der Waals surface area contributed by atoms with Gasteiger partial charge in [-0.15, -0.1) is 0 Å². The summed E-state index contributed by atoms with van der Waals surface area (Å²) in [7, 11) is -5.33. The Balaban J connectivity index is 2.85. The molecule has 0 spiro atoms. The monoisotopic (exact) mass is 325 g/mol. The molecule has 1 aromatic carbocycles. The molecule has 2 N–H and O–H groups in total. The first kappa shape index (κ1) is 17.8. The van der Waals surface area contributed by atoms with Crippen molar-refractivity contribution in [2.75, 3.05) is 6.61 Å². The fourth-order valence-corrected chi connectivity index (χ4v) is 2.29. The van der Waals surface area contributed by atoms with E-state index < -0.39 is 25.8 Å². The first-order valence-corrected chi connectivity index (χ1v) is 7.87. The predicted octanol–water partition coefficient (Wildman–Crippen LogP) is 2.88. The number of benzene rings is 1. The SMILES string of the molecule is CCC(N)(CC)COc1ccc(S(=O)(=O)C(F)(F)F)cc1. The molecular formula is C13H18F3NO3S. The molecule has 120 valence electrons. The van der Waals surface area contributed by atoms with Crippen LogP contribution in [0.25, 0.3) is 0 Å². The molecule has 8 heteroatoms. The minimum Gasteiger partial charge on any atom is -0.492 e. The van der Waals surface area contributed by atoms with Crippen molar-refractivity contribution in [2.45, 2.75) is 42.6 Å². The van der Waals surface area contributed by atoms with E-state index in [0.29, 0.717) is 12.8 Å². The third-order valence-electron chi connectivity index (χ3n) is 3.37. The lowest BCUT2D eigenvalue weighted by molar-refractivity contribution is -0.0436. The number of nitrogens with two attached hydrogens (primary N) is 1. The topological polar surface area (TPSA) is 69.4 Å². The highest BCUT2D eigenvalue weighted by molar-refractivity contribution is 7.92. The minimum atomic E-state index is -5.33. The summed E-state index contributed by atoms with van der Waals surface area (Å²) in [5, 5.41) is 0. The Morgan fingerprint density at radius 1 is 1.10 bits per heavy atom. The number of hydrogen-bond donors (Lipinski definition) is 1. The quantitative estimate of drug-likeness (QED) is 0.873. The van der Waals surface area contributed by atoms with E-state index in [1.54, 1.807) is 0 Å². The van der Waals surface area contributed by atoms with Crippen LogP contribution in [0.2, 0.25) is 0 Å². The smallest absolute Gasteiger partial charge is 0.492 e. The highest BCUT2D eigenvalue weighted by Gasteiger charge is 2.46. The van der Waals surface area contributed by atoms with Crippen molar-refractivity contribution in [3.63, 3.8) is 0 Å². The Labute approximate surface area is 122 Å². The van der Waals surface area contributed by atoms with Crippen LogP contribution in [0.3, 0.4) is 0 Å². The van der Waals surface area contributed by atoms with Gasteiger partial charge in [0.2, 0.25) is 0 Å². The first-order valence-electron chi connectivity index (χ1n) is 6.39.